The van der Waals surface area contributed by atoms with Crippen LogP contribution in [0.2, 0.25) is 0 Å². The molecule has 1 aromatic carbocycles. The van der Waals surface area contributed by atoms with E-state index in [0.717, 1.165) is 18.2 Å². The minimum atomic E-state index is -1.34. The van der Waals surface area contributed by atoms with Crippen molar-refractivity contribution in [2.24, 2.45) is 5.92 Å². The Kier molecular flexibility index (Phi) is 4.87. The Morgan fingerprint density at radius 3 is 2.71 bits per heavy atom. The standard InChI is InChI=1S/C13H13BrF2N2O3/c14-6-8-2-1-3-17(7-8)13(19)9-4-10(15)11(16)5-12(9)18(20)21/h4-5,8H,1-3,6-7H2. The molecule has 1 heterocycles. The number of halogens is 3. The minimum Gasteiger partial charge on any atom is -0.338 e. The van der Waals surface area contributed by atoms with E-state index in [-0.39, 0.29) is 5.92 Å². The largest absolute Gasteiger partial charge is 0.338 e. The van der Waals surface area contributed by atoms with Crippen molar-refractivity contribution in [3.8, 4) is 0 Å². The van der Waals surface area contributed by atoms with Crippen molar-refractivity contribution in [2.45, 2.75) is 12.8 Å². The van der Waals surface area contributed by atoms with Crippen LogP contribution in [0.4, 0.5) is 14.5 Å². The van der Waals surface area contributed by atoms with Gasteiger partial charge in [0.05, 0.1) is 11.0 Å². The highest BCUT2D eigenvalue weighted by molar-refractivity contribution is 9.09. The van der Waals surface area contributed by atoms with Gasteiger partial charge in [0.15, 0.2) is 11.6 Å². The molecule has 0 N–H and O–H groups in total. The summed E-state index contributed by atoms with van der Waals surface area (Å²) < 4.78 is 26.4. The van der Waals surface area contributed by atoms with Gasteiger partial charge >= 0.3 is 0 Å². The van der Waals surface area contributed by atoms with Crippen molar-refractivity contribution in [2.75, 3.05) is 18.4 Å². The average molecular weight is 363 g/mol. The summed E-state index contributed by atoms with van der Waals surface area (Å²) in [6, 6.07) is 1.06. The Morgan fingerprint density at radius 2 is 2.10 bits per heavy atom. The zero-order valence-corrected chi connectivity index (χ0v) is 12.6. The zero-order valence-electron chi connectivity index (χ0n) is 11.0. The monoisotopic (exact) mass is 362 g/mol. The number of nitro groups is 1. The van der Waals surface area contributed by atoms with Crippen molar-refractivity contribution >= 4 is 27.5 Å². The molecular weight excluding hydrogens is 350 g/mol. The van der Waals surface area contributed by atoms with Gasteiger partial charge < -0.3 is 4.90 Å². The summed E-state index contributed by atoms with van der Waals surface area (Å²) in [6.45, 7) is 0.902. The van der Waals surface area contributed by atoms with Gasteiger partial charge in [-0.2, -0.15) is 0 Å². The Balaban J connectivity index is 2.34. The third-order valence-corrected chi connectivity index (χ3v) is 4.41. The van der Waals surface area contributed by atoms with Crippen LogP contribution in [-0.4, -0.2) is 34.2 Å². The van der Waals surface area contributed by atoms with Crippen molar-refractivity contribution in [1.82, 2.24) is 4.90 Å². The predicted molar refractivity (Wildman–Crippen MR) is 75.4 cm³/mol. The van der Waals surface area contributed by atoms with E-state index in [1.165, 1.54) is 4.90 Å². The van der Waals surface area contributed by atoms with E-state index >= 15 is 0 Å². The molecule has 1 aliphatic heterocycles. The topological polar surface area (TPSA) is 63.4 Å². The summed E-state index contributed by atoms with van der Waals surface area (Å²) in [5.41, 5.74) is -1.12. The zero-order chi connectivity index (χ0) is 15.6. The van der Waals surface area contributed by atoms with Gasteiger partial charge in [-0.05, 0) is 24.8 Å². The first-order chi connectivity index (χ1) is 9.93. The van der Waals surface area contributed by atoms with Crippen LogP contribution >= 0.6 is 15.9 Å². The molecule has 0 aliphatic carbocycles. The van der Waals surface area contributed by atoms with Crippen LogP contribution in [0.3, 0.4) is 0 Å². The molecule has 0 bridgehead atoms. The minimum absolute atomic E-state index is 0.257. The van der Waals surface area contributed by atoms with E-state index in [0.29, 0.717) is 25.2 Å². The van der Waals surface area contributed by atoms with Crippen molar-refractivity contribution in [3.63, 3.8) is 0 Å². The summed E-state index contributed by atoms with van der Waals surface area (Å²) in [4.78, 5) is 23.9. The Morgan fingerprint density at radius 1 is 1.43 bits per heavy atom. The van der Waals surface area contributed by atoms with Crippen molar-refractivity contribution in [1.29, 1.82) is 0 Å². The second-order valence-corrected chi connectivity index (χ2v) is 5.60. The Labute approximate surface area is 128 Å². The summed E-state index contributed by atoms with van der Waals surface area (Å²) in [5, 5.41) is 11.7. The smallest absolute Gasteiger partial charge is 0.285 e. The number of hydrogen-bond acceptors (Lipinski definition) is 3. The SMILES string of the molecule is O=C(c1cc(F)c(F)cc1[N+](=O)[O-])N1CCCC(CBr)C1. The Hall–Kier alpha value is -1.57. The predicted octanol–water partition coefficient (Wildman–Crippen LogP) is 3.12. The fourth-order valence-corrected chi connectivity index (χ4v) is 2.93. The molecule has 1 saturated heterocycles. The molecular formula is C13H13BrF2N2O3. The Bertz CT molecular complexity index is 583. The lowest BCUT2D eigenvalue weighted by Gasteiger charge is -2.31. The molecule has 0 aromatic heterocycles. The first-order valence-electron chi connectivity index (χ1n) is 6.42. The van der Waals surface area contributed by atoms with Crippen LogP contribution in [0.15, 0.2) is 12.1 Å². The van der Waals surface area contributed by atoms with Gasteiger partial charge in [0, 0.05) is 18.4 Å². The van der Waals surface area contributed by atoms with E-state index in [1.807, 2.05) is 0 Å². The van der Waals surface area contributed by atoms with E-state index < -0.39 is 33.7 Å². The van der Waals surface area contributed by atoms with Gasteiger partial charge in [-0.1, -0.05) is 15.9 Å². The fraction of sp³-hybridized carbons (Fsp3) is 0.462. The number of benzene rings is 1. The quantitative estimate of drug-likeness (QED) is 0.471. The van der Waals surface area contributed by atoms with Gasteiger partial charge in [0.1, 0.15) is 5.56 Å². The van der Waals surface area contributed by atoms with Crippen LogP contribution in [-0.2, 0) is 0 Å². The number of nitro benzene ring substituents is 1. The first-order valence-corrected chi connectivity index (χ1v) is 7.55. The molecule has 1 amide bonds. The van der Waals surface area contributed by atoms with Gasteiger partial charge in [-0.15, -0.1) is 0 Å². The maximum absolute atomic E-state index is 13.3. The molecule has 21 heavy (non-hydrogen) atoms. The maximum atomic E-state index is 13.3. The lowest BCUT2D eigenvalue weighted by Crippen LogP contribution is -2.40. The molecule has 1 unspecified atom stereocenters. The summed E-state index contributed by atoms with van der Waals surface area (Å²) in [6.07, 6.45) is 1.73. The molecule has 1 aliphatic rings. The molecule has 8 heteroatoms. The lowest BCUT2D eigenvalue weighted by atomic mass is 9.99. The molecule has 1 atom stereocenters. The number of carbonyl (C=O) groups is 1. The number of carbonyl (C=O) groups excluding carboxylic acids is 1. The summed E-state index contributed by atoms with van der Waals surface area (Å²) in [5.74, 6) is -2.98. The van der Waals surface area contributed by atoms with E-state index in [2.05, 4.69) is 15.9 Å². The van der Waals surface area contributed by atoms with Gasteiger partial charge in [0.2, 0.25) is 0 Å². The summed E-state index contributed by atoms with van der Waals surface area (Å²) in [7, 11) is 0. The highest BCUT2D eigenvalue weighted by Crippen LogP contribution is 2.26. The van der Waals surface area contributed by atoms with Crippen LogP contribution in [0, 0.1) is 27.7 Å². The number of rotatable bonds is 3. The average Bonchev–Trinajstić information content (AvgIpc) is 2.48. The number of likely N-dealkylation sites (tertiary alicyclic amines) is 1. The molecule has 1 aromatic rings. The number of piperidine rings is 1. The molecule has 114 valence electrons. The van der Waals surface area contributed by atoms with E-state index in [9.17, 15) is 23.7 Å². The fourth-order valence-electron chi connectivity index (χ4n) is 2.40. The number of nitrogens with zero attached hydrogens (tertiary/aromatic N) is 2. The molecule has 0 radical (unpaired) electrons. The number of hydrogen-bond donors (Lipinski definition) is 0. The molecule has 2 rings (SSSR count). The van der Waals surface area contributed by atoms with Crippen LogP contribution in [0.25, 0.3) is 0 Å². The normalized spacial score (nSPS) is 18.6. The third-order valence-electron chi connectivity index (χ3n) is 3.49. The van der Waals surface area contributed by atoms with Crippen LogP contribution in [0.5, 0.6) is 0 Å². The molecule has 1 fully saturated rings. The molecule has 0 saturated carbocycles. The lowest BCUT2D eigenvalue weighted by molar-refractivity contribution is -0.385. The van der Waals surface area contributed by atoms with Gasteiger partial charge in [-0.3, -0.25) is 14.9 Å². The highest BCUT2D eigenvalue weighted by Gasteiger charge is 2.30. The van der Waals surface area contributed by atoms with Gasteiger partial charge in [0.25, 0.3) is 11.6 Å². The maximum Gasteiger partial charge on any atom is 0.285 e. The van der Waals surface area contributed by atoms with Crippen LogP contribution in [0.1, 0.15) is 23.2 Å². The first kappa shape index (κ1) is 15.8. The van der Waals surface area contributed by atoms with E-state index in [4.69, 9.17) is 0 Å². The second kappa shape index (κ2) is 6.46. The number of alkyl halides is 1. The van der Waals surface area contributed by atoms with E-state index in [1.54, 1.807) is 0 Å². The third kappa shape index (κ3) is 3.37. The van der Waals surface area contributed by atoms with Crippen molar-refractivity contribution in [3.05, 3.63) is 39.4 Å². The van der Waals surface area contributed by atoms with Crippen molar-refractivity contribution < 1.29 is 18.5 Å². The van der Waals surface area contributed by atoms with Crippen LogP contribution < -0.4 is 0 Å². The summed E-state index contributed by atoms with van der Waals surface area (Å²) >= 11 is 3.35. The van der Waals surface area contributed by atoms with Gasteiger partial charge in [-0.25, -0.2) is 8.78 Å². The second-order valence-electron chi connectivity index (χ2n) is 4.95. The molecule has 5 nitrogen and oxygen atoms in total. The highest BCUT2D eigenvalue weighted by atomic mass is 79.9. The molecule has 0 spiro atoms. The number of amides is 1.